The zero-order chi connectivity index (χ0) is 23.5. The number of nitrogens with two attached hydrogens (primary N) is 1. The van der Waals surface area contributed by atoms with Crippen LogP contribution in [0.25, 0.3) is 5.76 Å². The standard InChI is InChI=1S/C22H22N2O8/c1-24(2)14-9-6-20-7-21(20,31)8-4-3-5-10(25)11(8)15(26)13(20)18(29)22(9,32)17(28)12(16(14)27)19(23)30/h3-5,9,14,25-26,28,31-32H,6-7H2,1-2H3,(H2,23,30)/t9-,14-,20+,21+,22+/m0/s1. The summed E-state index contributed by atoms with van der Waals surface area (Å²) in [7, 11) is 3.03. The third kappa shape index (κ3) is 1.98. The summed E-state index contributed by atoms with van der Waals surface area (Å²) < 4.78 is 0. The van der Waals surface area contributed by atoms with Crippen LogP contribution < -0.4 is 5.73 Å². The number of fused-ring (bicyclic) bond motifs is 3. The summed E-state index contributed by atoms with van der Waals surface area (Å²) in [5, 5.41) is 55.1. The summed E-state index contributed by atoms with van der Waals surface area (Å²) in [4.78, 5) is 40.2. The molecule has 0 aromatic heterocycles. The van der Waals surface area contributed by atoms with Gasteiger partial charge in [-0.2, -0.15) is 0 Å². The van der Waals surface area contributed by atoms with Gasteiger partial charge in [0.05, 0.1) is 17.2 Å². The number of carbonyl (C=O) groups excluding carboxylic acids is 3. The fourth-order valence-electron chi connectivity index (χ4n) is 6.17. The fourth-order valence-corrected chi connectivity index (χ4v) is 6.17. The number of amides is 1. The average Bonchev–Trinajstić information content (AvgIpc) is 3.30. The van der Waals surface area contributed by atoms with Gasteiger partial charge in [0.25, 0.3) is 5.91 Å². The molecule has 0 radical (unpaired) electrons. The van der Waals surface area contributed by atoms with Crippen molar-refractivity contribution < 1.29 is 39.9 Å². The Bertz CT molecular complexity index is 1220. The molecule has 0 saturated heterocycles. The third-order valence-electron chi connectivity index (χ3n) is 7.64. The van der Waals surface area contributed by atoms with Crippen molar-refractivity contribution in [2.45, 2.75) is 30.1 Å². The molecular weight excluding hydrogens is 420 g/mol. The first-order chi connectivity index (χ1) is 14.8. The molecule has 2 saturated carbocycles. The van der Waals surface area contributed by atoms with E-state index in [1.807, 2.05) is 0 Å². The number of Topliss-reactive ketones (excluding diaryl/α,β-unsaturated/α-hetero) is 2. The number of aliphatic hydroxyl groups excluding tert-OH is 2. The molecule has 7 N–H and O–H groups in total. The molecule has 1 aromatic carbocycles. The van der Waals surface area contributed by atoms with Gasteiger partial charge in [-0.05, 0) is 38.6 Å². The zero-order valence-corrected chi connectivity index (χ0v) is 17.3. The second-order valence-electron chi connectivity index (χ2n) is 9.31. The lowest BCUT2D eigenvalue weighted by molar-refractivity contribution is -0.156. The van der Waals surface area contributed by atoms with Crippen molar-refractivity contribution in [3.8, 4) is 5.75 Å². The molecule has 2 fully saturated rings. The number of ketones is 2. The second kappa shape index (κ2) is 5.77. The first-order valence-electron chi connectivity index (χ1n) is 10.0. The summed E-state index contributed by atoms with van der Waals surface area (Å²) in [5.41, 5.74) is -1.53. The van der Waals surface area contributed by atoms with E-state index in [-0.39, 0.29) is 35.3 Å². The summed E-state index contributed by atoms with van der Waals surface area (Å²) in [6.07, 6.45) is -0.138. The van der Waals surface area contributed by atoms with Gasteiger partial charge < -0.3 is 31.3 Å². The quantitative estimate of drug-likeness (QED) is 0.325. The zero-order valence-electron chi connectivity index (χ0n) is 17.3. The normalized spacial score (nSPS) is 37.7. The molecule has 0 unspecified atom stereocenters. The van der Waals surface area contributed by atoms with Crippen LogP contribution in [0.2, 0.25) is 0 Å². The highest BCUT2D eigenvalue weighted by Gasteiger charge is 2.80. The van der Waals surface area contributed by atoms with E-state index in [9.17, 15) is 39.9 Å². The minimum Gasteiger partial charge on any atom is -0.508 e. The van der Waals surface area contributed by atoms with Crippen LogP contribution in [0.5, 0.6) is 5.75 Å². The lowest BCUT2D eigenvalue weighted by Gasteiger charge is -2.51. The molecule has 4 aliphatic rings. The van der Waals surface area contributed by atoms with Crippen molar-refractivity contribution in [2.75, 3.05) is 14.1 Å². The van der Waals surface area contributed by atoms with E-state index in [0.717, 1.165) is 0 Å². The van der Waals surface area contributed by atoms with E-state index >= 15 is 0 Å². The molecule has 10 nitrogen and oxygen atoms in total. The molecule has 10 heteroatoms. The van der Waals surface area contributed by atoms with Crippen molar-refractivity contribution in [2.24, 2.45) is 17.1 Å². The molecule has 1 aromatic rings. The number of rotatable bonds is 2. The molecule has 4 aliphatic carbocycles. The maximum Gasteiger partial charge on any atom is 0.255 e. The summed E-state index contributed by atoms with van der Waals surface area (Å²) in [6, 6.07) is 3.11. The van der Waals surface area contributed by atoms with Crippen LogP contribution in [0.3, 0.4) is 0 Å². The average molecular weight is 442 g/mol. The molecular formula is C22H22N2O8. The van der Waals surface area contributed by atoms with E-state index in [1.54, 1.807) is 0 Å². The van der Waals surface area contributed by atoms with E-state index in [1.165, 1.54) is 37.2 Å². The van der Waals surface area contributed by atoms with Crippen LogP contribution in [-0.4, -0.2) is 73.6 Å². The summed E-state index contributed by atoms with van der Waals surface area (Å²) in [5.74, 6) is -6.67. The number of aromatic hydroxyl groups is 1. The molecule has 1 spiro atoms. The number of phenols is 1. The number of likely N-dealkylation sites (N-methyl/N-ethyl adjacent to an activating group) is 1. The highest BCUT2D eigenvalue weighted by molar-refractivity contribution is 6.24. The van der Waals surface area contributed by atoms with Crippen molar-refractivity contribution >= 4 is 23.2 Å². The van der Waals surface area contributed by atoms with Crippen molar-refractivity contribution in [3.05, 3.63) is 46.2 Å². The maximum atomic E-state index is 13.7. The van der Waals surface area contributed by atoms with Crippen LogP contribution in [-0.2, 0) is 20.0 Å². The number of hydrogen-bond acceptors (Lipinski definition) is 9. The first kappa shape index (κ1) is 20.7. The molecule has 5 rings (SSSR count). The van der Waals surface area contributed by atoms with E-state index in [0.29, 0.717) is 0 Å². The fraction of sp³-hybridized carbons (Fsp3) is 0.409. The maximum absolute atomic E-state index is 13.7. The largest absolute Gasteiger partial charge is 0.508 e. The van der Waals surface area contributed by atoms with Crippen molar-refractivity contribution in [1.82, 2.24) is 4.90 Å². The van der Waals surface area contributed by atoms with Gasteiger partial charge in [-0.15, -0.1) is 0 Å². The Kier molecular flexibility index (Phi) is 3.73. The van der Waals surface area contributed by atoms with Crippen LogP contribution in [0.4, 0.5) is 0 Å². The number of phenolic OH excluding ortho intramolecular Hbond substituents is 1. The number of aliphatic hydroxyl groups is 4. The molecule has 1 amide bonds. The first-order valence-corrected chi connectivity index (χ1v) is 10.0. The number of carbonyl (C=O) groups is 3. The van der Waals surface area contributed by atoms with Gasteiger partial charge in [0.2, 0.25) is 5.78 Å². The van der Waals surface area contributed by atoms with E-state index in [4.69, 9.17) is 5.73 Å². The number of hydrogen-bond donors (Lipinski definition) is 6. The van der Waals surface area contributed by atoms with E-state index in [2.05, 4.69) is 0 Å². The highest BCUT2D eigenvalue weighted by atomic mass is 16.3. The van der Waals surface area contributed by atoms with Gasteiger partial charge in [0.1, 0.15) is 28.4 Å². The van der Waals surface area contributed by atoms with Crippen molar-refractivity contribution in [1.29, 1.82) is 0 Å². The van der Waals surface area contributed by atoms with E-state index < -0.39 is 63.1 Å². The van der Waals surface area contributed by atoms with Crippen LogP contribution in [0.15, 0.2) is 35.1 Å². The SMILES string of the molecule is CN(C)[C@@H]1C(=O)C(C(N)=O)=C(O)[C@@]2(O)C(=O)C3=C(O)c4c(O)cccc4[C@]4(O)C[C@]34C[C@@H]12. The Hall–Kier alpha value is -3.21. The summed E-state index contributed by atoms with van der Waals surface area (Å²) >= 11 is 0. The molecule has 0 bridgehead atoms. The molecule has 32 heavy (non-hydrogen) atoms. The third-order valence-corrected chi connectivity index (χ3v) is 7.64. The summed E-state index contributed by atoms with van der Waals surface area (Å²) in [6.45, 7) is 0. The predicted molar refractivity (Wildman–Crippen MR) is 108 cm³/mol. The smallest absolute Gasteiger partial charge is 0.255 e. The van der Waals surface area contributed by atoms with Gasteiger partial charge in [0, 0.05) is 11.3 Å². The monoisotopic (exact) mass is 442 g/mol. The Labute approximate surface area is 181 Å². The number of nitrogens with zero attached hydrogens (tertiary/aromatic N) is 1. The molecule has 0 heterocycles. The number of primary amides is 1. The van der Waals surface area contributed by atoms with Gasteiger partial charge in [-0.1, -0.05) is 12.1 Å². The Balaban J connectivity index is 1.83. The lowest BCUT2D eigenvalue weighted by atomic mass is 9.56. The van der Waals surface area contributed by atoms with Gasteiger partial charge in [0.15, 0.2) is 11.4 Å². The minimum absolute atomic E-state index is 0.00958. The Morgan fingerprint density at radius 3 is 2.41 bits per heavy atom. The lowest BCUT2D eigenvalue weighted by Crippen LogP contribution is -2.66. The predicted octanol–water partition coefficient (Wildman–Crippen LogP) is -0.617. The van der Waals surface area contributed by atoms with Crippen LogP contribution >= 0.6 is 0 Å². The topological polar surface area (TPSA) is 182 Å². The Morgan fingerprint density at radius 1 is 1.16 bits per heavy atom. The second-order valence-corrected chi connectivity index (χ2v) is 9.31. The molecule has 0 aliphatic heterocycles. The Morgan fingerprint density at radius 2 is 1.81 bits per heavy atom. The minimum atomic E-state index is -2.73. The molecule has 5 atom stereocenters. The molecule has 168 valence electrons. The van der Waals surface area contributed by atoms with Gasteiger partial charge >= 0.3 is 0 Å². The van der Waals surface area contributed by atoms with Crippen LogP contribution in [0.1, 0.15) is 24.0 Å². The highest BCUT2D eigenvalue weighted by Crippen LogP contribution is 2.77. The number of benzene rings is 1. The van der Waals surface area contributed by atoms with Gasteiger partial charge in [-0.3, -0.25) is 19.3 Å². The van der Waals surface area contributed by atoms with Gasteiger partial charge in [-0.25, -0.2) is 0 Å². The van der Waals surface area contributed by atoms with Crippen LogP contribution in [0, 0.1) is 11.3 Å². The van der Waals surface area contributed by atoms with Crippen molar-refractivity contribution in [3.63, 3.8) is 0 Å².